The molecule has 0 saturated heterocycles. The van der Waals surface area contributed by atoms with Crippen LogP contribution >= 0.6 is 0 Å². The molecule has 53 heteroatoms. The van der Waals surface area contributed by atoms with Crippen LogP contribution in [0.15, 0.2) is 12.2 Å². The van der Waals surface area contributed by atoms with Crippen molar-refractivity contribution in [3.8, 4) is 0 Å². The van der Waals surface area contributed by atoms with Crippen molar-refractivity contribution in [1.29, 1.82) is 0 Å². The minimum atomic E-state index is -11.0. The lowest BCUT2D eigenvalue weighted by Gasteiger charge is -2.48. The molecule has 0 spiro atoms. The van der Waals surface area contributed by atoms with Crippen LogP contribution in [-0.2, 0) is 0 Å². The molecule has 80 heavy (non-hydrogen) atoms. The molecular formula is C27HF53. The van der Waals surface area contributed by atoms with Crippen LogP contribution in [0.25, 0.3) is 0 Å². The molecule has 0 saturated carbocycles. The third-order valence-corrected chi connectivity index (χ3v) is 9.82. The van der Waals surface area contributed by atoms with E-state index in [9.17, 15) is 233 Å². The Morgan fingerprint density at radius 3 is 0.325 bits per heavy atom. The van der Waals surface area contributed by atoms with Crippen molar-refractivity contribution in [2.24, 2.45) is 0 Å². The van der Waals surface area contributed by atoms with Crippen LogP contribution in [0.2, 0.25) is 0 Å². The van der Waals surface area contributed by atoms with Crippen molar-refractivity contribution in [2.45, 2.75) is 148 Å². The van der Waals surface area contributed by atoms with E-state index in [1.54, 1.807) is 0 Å². The number of alkyl halides is 51. The normalized spacial score (nSPS) is 17.6. The van der Waals surface area contributed by atoms with E-state index in [4.69, 9.17) is 0 Å². The van der Waals surface area contributed by atoms with E-state index in [-0.39, 0.29) is 0 Å². The first-order valence-corrected chi connectivity index (χ1v) is 16.6. The van der Waals surface area contributed by atoms with E-state index in [0.717, 1.165) is 0 Å². The highest BCUT2D eigenvalue weighted by Crippen LogP contribution is 2.73. The summed E-state index contributed by atoms with van der Waals surface area (Å²) in [6.07, 6.45) is -11.5. The van der Waals surface area contributed by atoms with Gasteiger partial charge < -0.3 is 0 Å². The maximum absolute atomic E-state index is 14.1. The number of rotatable bonds is 24. The quantitative estimate of drug-likeness (QED) is 0.0845. The topological polar surface area (TPSA) is 0 Å². The van der Waals surface area contributed by atoms with Crippen molar-refractivity contribution in [2.75, 3.05) is 0 Å². The van der Waals surface area contributed by atoms with E-state index >= 15 is 0 Å². The van der Waals surface area contributed by atoms with Gasteiger partial charge in [0, 0.05) is 0 Å². The predicted molar refractivity (Wildman–Crippen MR) is 135 cm³/mol. The van der Waals surface area contributed by atoms with Gasteiger partial charge in [-0.25, -0.2) is 8.78 Å². The third kappa shape index (κ3) is 8.16. The molecule has 0 aliphatic heterocycles. The molecule has 0 heterocycles. The van der Waals surface area contributed by atoms with Gasteiger partial charge in [-0.3, -0.25) is 0 Å². The van der Waals surface area contributed by atoms with Gasteiger partial charge in [0.1, 0.15) is 6.33 Å². The molecule has 0 unspecified atom stereocenters. The smallest absolute Gasteiger partial charge is 0.212 e. The van der Waals surface area contributed by atoms with E-state index in [2.05, 4.69) is 0 Å². The number of allylic oxidation sites excluding steroid dienone is 1. The Labute approximate surface area is 394 Å². The Balaban J connectivity index is 8.26. The summed E-state index contributed by atoms with van der Waals surface area (Å²) in [7, 11) is 0. The van der Waals surface area contributed by atoms with Gasteiger partial charge in [0.05, 0.1) is 0 Å². The highest BCUT2D eigenvalue weighted by molar-refractivity contribution is 5.26. The van der Waals surface area contributed by atoms with Gasteiger partial charge in [-0.1, -0.05) is 0 Å². The van der Waals surface area contributed by atoms with Gasteiger partial charge in [0.2, 0.25) is 5.83 Å². The standard InChI is InChI=1S/C27HF53/c28-1-2(29)3(30,31)4(32,33)5(34,35)6(36,37)7(38,39)8(40,41)9(42,43)10(44,45)11(46,47)12(48,49)13(50,51)14(52,53)15(54,55)16(56,57)17(58,59)18(60,61)19(62,63)20(64,65)21(66,67)22(68,69)23(70,71)24(72,73)25(74,75)26(76,77)27(78,79)80/h1H. The average molecular weight is 1330 g/mol. The van der Waals surface area contributed by atoms with Gasteiger partial charge in [-0.2, -0.15) is 224 Å². The van der Waals surface area contributed by atoms with Gasteiger partial charge in [-0.15, -0.1) is 0 Å². The Morgan fingerprint density at radius 1 is 0.150 bits per heavy atom. The number of halogens is 53. The van der Waals surface area contributed by atoms with Crippen LogP contribution in [0.5, 0.6) is 0 Å². The molecule has 0 aliphatic carbocycles. The first-order valence-electron chi connectivity index (χ1n) is 16.6. The summed E-state index contributed by atoms with van der Waals surface area (Å²) in [4.78, 5) is 0. The first kappa shape index (κ1) is 76.0. The van der Waals surface area contributed by atoms with Gasteiger partial charge in [0.25, 0.3) is 0 Å². The Bertz CT molecular complexity index is 2270. The fourth-order valence-electron chi connectivity index (χ4n) is 4.73. The SMILES string of the molecule is FC=C(F)C(F)(F)C(F)(F)C(F)(F)C(F)(F)C(F)(F)C(F)(F)C(F)(F)C(F)(F)C(F)(F)C(F)(F)C(F)(F)C(F)(F)C(F)(F)C(F)(F)C(F)(F)C(F)(F)C(F)(F)C(F)(F)C(F)(F)C(F)(F)C(F)(F)C(F)(F)C(F)(F)C(F)(F)C(F)(F)F. The van der Waals surface area contributed by atoms with Crippen LogP contribution in [0, 0.1) is 0 Å². The van der Waals surface area contributed by atoms with Crippen LogP contribution in [0.1, 0.15) is 0 Å². The molecular weight excluding hydrogens is 1330 g/mol. The van der Waals surface area contributed by atoms with E-state index in [1.807, 2.05) is 0 Å². The molecule has 0 amide bonds. The van der Waals surface area contributed by atoms with Crippen LogP contribution in [0.4, 0.5) is 233 Å². The molecule has 0 atom stereocenters. The molecule has 0 aromatic rings. The lowest BCUT2D eigenvalue weighted by Crippen LogP contribution is -2.81. The van der Waals surface area contributed by atoms with Crippen molar-refractivity contribution in [3.05, 3.63) is 12.2 Å². The van der Waals surface area contributed by atoms with Gasteiger partial charge in [0.15, 0.2) is 0 Å². The second kappa shape index (κ2) is 18.3. The van der Waals surface area contributed by atoms with E-state index < -0.39 is 160 Å². The van der Waals surface area contributed by atoms with Crippen molar-refractivity contribution < 1.29 is 233 Å². The minimum Gasteiger partial charge on any atom is -0.212 e. The molecule has 0 nitrogen and oxygen atoms in total. The lowest BCUT2D eigenvalue weighted by atomic mass is 9.81. The summed E-state index contributed by atoms with van der Waals surface area (Å²) in [5.74, 6) is -255. The number of hydrogen-bond acceptors (Lipinski definition) is 0. The Morgan fingerprint density at radius 2 is 0.237 bits per heavy atom. The van der Waals surface area contributed by atoms with Crippen molar-refractivity contribution >= 4 is 0 Å². The Hall–Kier alpha value is -3.97. The van der Waals surface area contributed by atoms with Crippen LogP contribution in [-0.4, -0.2) is 148 Å². The molecule has 0 fully saturated rings. The second-order valence-corrected chi connectivity index (χ2v) is 14.7. The predicted octanol–water partition coefficient (Wildman–Crippen LogP) is 17.6. The zero-order valence-electron chi connectivity index (χ0n) is 33.6. The average Bonchev–Trinajstić information content (AvgIpc) is 3.23. The monoisotopic (exact) mass is 1330 g/mol. The minimum absolute atomic E-state index is 2.81. The molecule has 0 N–H and O–H groups in total. The summed E-state index contributed by atoms with van der Waals surface area (Å²) < 4.78 is 725. The molecule has 0 aromatic heterocycles. The van der Waals surface area contributed by atoms with Crippen molar-refractivity contribution in [3.63, 3.8) is 0 Å². The molecule has 0 rings (SSSR count). The van der Waals surface area contributed by atoms with E-state index in [0.29, 0.717) is 0 Å². The summed E-state index contributed by atoms with van der Waals surface area (Å²) in [5.41, 5.74) is 0. The molecule has 0 aromatic carbocycles. The molecule has 0 aliphatic rings. The first-order chi connectivity index (χ1) is 33.5. The molecule has 0 radical (unpaired) electrons. The lowest BCUT2D eigenvalue weighted by molar-refractivity contribution is -0.499. The highest BCUT2D eigenvalue weighted by Gasteiger charge is 3.05. The highest BCUT2D eigenvalue weighted by atomic mass is 19.5. The van der Waals surface area contributed by atoms with Crippen LogP contribution < -0.4 is 0 Å². The van der Waals surface area contributed by atoms with Crippen LogP contribution in [0.3, 0.4) is 0 Å². The summed E-state index contributed by atoms with van der Waals surface area (Å²) in [5, 5.41) is 0. The zero-order chi connectivity index (χ0) is 66.8. The fourth-order valence-corrected chi connectivity index (χ4v) is 4.73. The summed E-state index contributed by atoms with van der Waals surface area (Å²) >= 11 is 0. The van der Waals surface area contributed by atoms with E-state index in [1.165, 1.54) is 0 Å². The zero-order valence-corrected chi connectivity index (χ0v) is 33.6. The maximum Gasteiger partial charge on any atom is 0.460 e. The number of hydrogen-bond donors (Lipinski definition) is 0. The van der Waals surface area contributed by atoms with Gasteiger partial charge >= 0.3 is 148 Å². The maximum atomic E-state index is 14.1. The largest absolute Gasteiger partial charge is 0.460 e. The van der Waals surface area contributed by atoms with Gasteiger partial charge in [-0.05, 0) is 0 Å². The molecule has 0 bridgehead atoms. The second-order valence-electron chi connectivity index (χ2n) is 14.7. The fraction of sp³-hybridized carbons (Fsp3) is 0.926. The third-order valence-electron chi connectivity index (χ3n) is 9.82. The Kier molecular flexibility index (Phi) is 17.4. The summed E-state index contributed by atoms with van der Waals surface area (Å²) in [6.45, 7) is 0. The molecule has 480 valence electrons. The van der Waals surface area contributed by atoms with Crippen molar-refractivity contribution in [1.82, 2.24) is 0 Å². The summed E-state index contributed by atoms with van der Waals surface area (Å²) in [6, 6.07) is 0.